The summed E-state index contributed by atoms with van der Waals surface area (Å²) < 4.78 is 0. The number of hydrogen-bond donors (Lipinski definition) is 3. The molecule has 0 aliphatic rings. The molecule has 1 aromatic rings. The lowest BCUT2D eigenvalue weighted by Gasteiger charge is -2.29. The van der Waals surface area contributed by atoms with Crippen molar-refractivity contribution in [2.75, 3.05) is 30.8 Å². The van der Waals surface area contributed by atoms with Crippen LogP contribution in [-0.4, -0.2) is 37.3 Å². The fourth-order valence-electron chi connectivity index (χ4n) is 1.84. The third-order valence-corrected chi connectivity index (χ3v) is 2.79. The molecule has 0 aliphatic carbocycles. The molecular weight excluding hydrogens is 230 g/mol. The van der Waals surface area contributed by atoms with Crippen LogP contribution in [0.4, 0.5) is 11.4 Å². The van der Waals surface area contributed by atoms with E-state index in [9.17, 15) is 4.79 Å². The van der Waals surface area contributed by atoms with Gasteiger partial charge in [-0.25, -0.2) is 0 Å². The van der Waals surface area contributed by atoms with Gasteiger partial charge in [-0.3, -0.25) is 4.79 Å². The first-order chi connectivity index (χ1) is 8.51. The summed E-state index contributed by atoms with van der Waals surface area (Å²) in [6, 6.07) is 5.35. The van der Waals surface area contributed by atoms with Crippen molar-refractivity contribution < 1.29 is 9.90 Å². The van der Waals surface area contributed by atoms with Crippen LogP contribution in [0.1, 0.15) is 24.2 Å². The molecule has 0 atom stereocenters. The first kappa shape index (κ1) is 14.3. The Morgan fingerprint density at radius 2 is 2.17 bits per heavy atom. The summed E-state index contributed by atoms with van der Waals surface area (Å²) in [5, 5.41) is 11.7. The van der Waals surface area contributed by atoms with E-state index in [1.54, 1.807) is 25.2 Å². The lowest BCUT2D eigenvalue weighted by molar-refractivity contribution is 0.0963. The molecule has 0 bridgehead atoms. The first-order valence-corrected chi connectivity index (χ1v) is 6.00. The van der Waals surface area contributed by atoms with Crippen LogP contribution in [0.5, 0.6) is 0 Å². The molecule has 0 saturated heterocycles. The van der Waals surface area contributed by atoms with Crippen molar-refractivity contribution in [3.05, 3.63) is 23.8 Å². The molecule has 100 valence electrons. The van der Waals surface area contributed by atoms with E-state index in [1.165, 1.54) is 0 Å². The molecule has 0 fully saturated rings. The van der Waals surface area contributed by atoms with Gasteiger partial charge in [0.05, 0.1) is 18.0 Å². The molecule has 5 heteroatoms. The summed E-state index contributed by atoms with van der Waals surface area (Å²) in [5.41, 5.74) is 7.89. The predicted molar refractivity (Wildman–Crippen MR) is 73.8 cm³/mol. The second kappa shape index (κ2) is 6.26. The average Bonchev–Trinajstić information content (AvgIpc) is 2.35. The number of carbonyl (C=O) groups is 1. The highest BCUT2D eigenvalue weighted by Gasteiger charge is 2.15. The normalized spacial score (nSPS) is 10.5. The van der Waals surface area contributed by atoms with Crippen LogP contribution in [0.3, 0.4) is 0 Å². The van der Waals surface area contributed by atoms with Crippen LogP contribution < -0.4 is 16.0 Å². The van der Waals surface area contributed by atoms with Gasteiger partial charge in [0.1, 0.15) is 0 Å². The van der Waals surface area contributed by atoms with Gasteiger partial charge in [0.15, 0.2) is 0 Å². The summed E-state index contributed by atoms with van der Waals surface area (Å²) >= 11 is 0. The Labute approximate surface area is 108 Å². The number of aliphatic hydroxyl groups excluding tert-OH is 1. The van der Waals surface area contributed by atoms with Crippen molar-refractivity contribution in [1.82, 2.24) is 5.32 Å². The van der Waals surface area contributed by atoms with E-state index in [0.717, 1.165) is 5.69 Å². The van der Waals surface area contributed by atoms with Crippen LogP contribution in [0.25, 0.3) is 0 Å². The van der Waals surface area contributed by atoms with Gasteiger partial charge in [-0.1, -0.05) is 0 Å². The van der Waals surface area contributed by atoms with E-state index in [4.69, 9.17) is 10.8 Å². The lowest BCUT2D eigenvalue weighted by atomic mass is 10.1. The third kappa shape index (κ3) is 3.13. The Hall–Kier alpha value is -1.75. The number of carbonyl (C=O) groups excluding carboxylic acids is 1. The second-order valence-corrected chi connectivity index (χ2v) is 4.36. The van der Waals surface area contributed by atoms with E-state index in [2.05, 4.69) is 5.32 Å². The highest BCUT2D eigenvalue weighted by atomic mass is 16.3. The first-order valence-electron chi connectivity index (χ1n) is 6.00. The van der Waals surface area contributed by atoms with E-state index in [-0.39, 0.29) is 18.6 Å². The number of anilines is 2. The molecule has 1 aromatic carbocycles. The van der Waals surface area contributed by atoms with Crippen molar-refractivity contribution in [1.29, 1.82) is 0 Å². The van der Waals surface area contributed by atoms with Gasteiger partial charge in [-0.2, -0.15) is 0 Å². The van der Waals surface area contributed by atoms with Gasteiger partial charge < -0.3 is 21.1 Å². The monoisotopic (exact) mass is 251 g/mol. The minimum atomic E-state index is -0.149. The summed E-state index contributed by atoms with van der Waals surface area (Å²) in [7, 11) is 1.59. The number of rotatable bonds is 5. The third-order valence-electron chi connectivity index (χ3n) is 2.79. The molecule has 0 unspecified atom stereocenters. The minimum Gasteiger partial charge on any atom is -0.397 e. The van der Waals surface area contributed by atoms with Crippen LogP contribution in [0, 0.1) is 0 Å². The van der Waals surface area contributed by atoms with E-state index >= 15 is 0 Å². The van der Waals surface area contributed by atoms with Gasteiger partial charge in [0.25, 0.3) is 5.91 Å². The maximum absolute atomic E-state index is 11.6. The van der Waals surface area contributed by atoms with Gasteiger partial charge in [0.2, 0.25) is 0 Å². The van der Waals surface area contributed by atoms with Gasteiger partial charge in [0, 0.05) is 25.2 Å². The fourth-order valence-corrected chi connectivity index (χ4v) is 1.84. The van der Waals surface area contributed by atoms with E-state index in [0.29, 0.717) is 17.8 Å². The Balaban J connectivity index is 3.16. The molecule has 0 heterocycles. The second-order valence-electron chi connectivity index (χ2n) is 4.36. The van der Waals surface area contributed by atoms with Crippen molar-refractivity contribution >= 4 is 17.3 Å². The van der Waals surface area contributed by atoms with Crippen molar-refractivity contribution in [2.45, 2.75) is 19.9 Å². The highest BCUT2D eigenvalue weighted by molar-refractivity contribution is 5.96. The summed E-state index contributed by atoms with van der Waals surface area (Å²) in [6.45, 7) is 4.56. The summed E-state index contributed by atoms with van der Waals surface area (Å²) in [5.74, 6) is -0.149. The van der Waals surface area contributed by atoms with Crippen molar-refractivity contribution in [3.63, 3.8) is 0 Å². The van der Waals surface area contributed by atoms with Crippen molar-refractivity contribution in [2.24, 2.45) is 0 Å². The number of hydrogen-bond acceptors (Lipinski definition) is 4. The zero-order chi connectivity index (χ0) is 13.7. The molecule has 5 nitrogen and oxygen atoms in total. The molecular formula is C13H21N3O2. The number of benzene rings is 1. The van der Waals surface area contributed by atoms with Crippen LogP contribution in [0.2, 0.25) is 0 Å². The number of nitrogens with zero attached hydrogens (tertiary/aromatic N) is 1. The number of amides is 1. The summed E-state index contributed by atoms with van der Waals surface area (Å²) in [4.78, 5) is 13.6. The van der Waals surface area contributed by atoms with Crippen LogP contribution in [-0.2, 0) is 0 Å². The lowest BCUT2D eigenvalue weighted by Crippen LogP contribution is -2.34. The Kier molecular flexibility index (Phi) is 4.97. The number of aliphatic hydroxyl groups is 1. The molecule has 1 amide bonds. The number of nitrogens with two attached hydrogens (primary N) is 1. The number of nitrogens with one attached hydrogen (secondary N) is 1. The molecule has 0 spiro atoms. The highest BCUT2D eigenvalue weighted by Crippen LogP contribution is 2.26. The Morgan fingerprint density at radius 1 is 1.50 bits per heavy atom. The van der Waals surface area contributed by atoms with Gasteiger partial charge in [-0.15, -0.1) is 0 Å². The van der Waals surface area contributed by atoms with Crippen LogP contribution >= 0.6 is 0 Å². The van der Waals surface area contributed by atoms with Crippen molar-refractivity contribution in [3.8, 4) is 0 Å². The Bertz CT molecular complexity index is 419. The van der Waals surface area contributed by atoms with Gasteiger partial charge >= 0.3 is 0 Å². The Morgan fingerprint density at radius 3 is 2.67 bits per heavy atom. The van der Waals surface area contributed by atoms with Crippen LogP contribution in [0.15, 0.2) is 18.2 Å². The SMILES string of the molecule is CNC(=O)c1ccc(N)c(N(CCO)C(C)C)c1. The number of nitrogen functional groups attached to an aromatic ring is 1. The maximum atomic E-state index is 11.6. The maximum Gasteiger partial charge on any atom is 0.251 e. The largest absolute Gasteiger partial charge is 0.397 e. The zero-order valence-electron chi connectivity index (χ0n) is 11.1. The molecule has 0 aromatic heterocycles. The molecule has 18 heavy (non-hydrogen) atoms. The molecule has 4 N–H and O–H groups in total. The molecule has 1 rings (SSSR count). The van der Waals surface area contributed by atoms with E-state index in [1.807, 2.05) is 18.7 Å². The van der Waals surface area contributed by atoms with Gasteiger partial charge in [-0.05, 0) is 32.0 Å². The quantitative estimate of drug-likeness (QED) is 0.677. The standard InChI is InChI=1S/C13H21N3O2/c1-9(2)16(6-7-17)12-8-10(13(18)15-3)4-5-11(12)14/h4-5,8-9,17H,6-7,14H2,1-3H3,(H,15,18). The average molecular weight is 251 g/mol. The minimum absolute atomic E-state index is 0.0435. The molecule has 0 aliphatic heterocycles. The molecule has 0 saturated carbocycles. The fraction of sp³-hybridized carbons (Fsp3) is 0.462. The topological polar surface area (TPSA) is 78.6 Å². The summed E-state index contributed by atoms with van der Waals surface area (Å²) in [6.07, 6.45) is 0. The van der Waals surface area contributed by atoms with E-state index < -0.39 is 0 Å². The molecule has 0 radical (unpaired) electrons. The smallest absolute Gasteiger partial charge is 0.251 e. The predicted octanol–water partition coefficient (Wildman–Crippen LogP) is 0.835. The zero-order valence-corrected chi connectivity index (χ0v) is 11.1.